The van der Waals surface area contributed by atoms with Gasteiger partial charge in [-0.25, -0.2) is 9.07 Å². The summed E-state index contributed by atoms with van der Waals surface area (Å²) in [4.78, 5) is 0. The summed E-state index contributed by atoms with van der Waals surface area (Å²) in [6.07, 6.45) is 3.19. The van der Waals surface area contributed by atoms with Gasteiger partial charge in [-0.15, -0.1) is 0 Å². The molecule has 3 aromatic rings. The molecular weight excluding hydrogens is 279 g/mol. The lowest BCUT2D eigenvalue weighted by Crippen LogP contribution is -1.93. The summed E-state index contributed by atoms with van der Waals surface area (Å²) in [6, 6.07) is 13.5. The van der Waals surface area contributed by atoms with E-state index in [0.717, 1.165) is 5.69 Å². The molecule has 100 valence electrons. The van der Waals surface area contributed by atoms with Gasteiger partial charge in [0.1, 0.15) is 0 Å². The molecule has 0 aliphatic heterocycles. The average Bonchev–Trinajstić information content (AvgIpc) is 2.90. The first-order chi connectivity index (χ1) is 9.72. The zero-order valence-corrected chi connectivity index (χ0v) is 11.1. The number of benzene rings is 2. The molecule has 0 unspecified atom stereocenters. The van der Waals surface area contributed by atoms with Crippen molar-refractivity contribution in [3.05, 3.63) is 71.8 Å². The summed E-state index contributed by atoms with van der Waals surface area (Å²) >= 11 is 5.93. The van der Waals surface area contributed by atoms with Crippen LogP contribution in [-0.4, -0.2) is 9.78 Å². The molecule has 3 rings (SSSR count). The number of hydrogen-bond donors (Lipinski definition) is 0. The standard InChI is InChI=1S/C15H10ClFN2O/c16-11-4-3-5-12(8-11)19-10-13(9-18-19)20-15-7-2-1-6-14(15)17/h1-10H. The first-order valence-electron chi connectivity index (χ1n) is 5.95. The fourth-order valence-electron chi connectivity index (χ4n) is 1.77. The Labute approximate surface area is 120 Å². The fraction of sp³-hybridized carbons (Fsp3) is 0. The monoisotopic (exact) mass is 288 g/mol. The third-order valence-corrected chi connectivity index (χ3v) is 2.93. The van der Waals surface area contributed by atoms with Crippen LogP contribution < -0.4 is 4.74 Å². The van der Waals surface area contributed by atoms with Crippen LogP contribution in [0.25, 0.3) is 5.69 Å². The number of aromatic nitrogens is 2. The van der Waals surface area contributed by atoms with E-state index < -0.39 is 5.82 Å². The minimum Gasteiger partial charge on any atom is -0.451 e. The summed E-state index contributed by atoms with van der Waals surface area (Å²) in [5, 5.41) is 4.78. The highest BCUT2D eigenvalue weighted by Gasteiger charge is 2.06. The van der Waals surface area contributed by atoms with Crippen LogP contribution in [0.3, 0.4) is 0 Å². The van der Waals surface area contributed by atoms with Crippen LogP contribution in [0.1, 0.15) is 0 Å². The zero-order valence-electron chi connectivity index (χ0n) is 10.3. The second kappa shape index (κ2) is 5.35. The van der Waals surface area contributed by atoms with Gasteiger partial charge in [-0.3, -0.25) is 0 Å². The lowest BCUT2D eigenvalue weighted by Gasteiger charge is -2.03. The number of rotatable bonds is 3. The van der Waals surface area contributed by atoms with Crippen LogP contribution in [0.15, 0.2) is 60.9 Å². The van der Waals surface area contributed by atoms with Crippen molar-refractivity contribution >= 4 is 11.6 Å². The number of halogens is 2. The molecule has 0 bridgehead atoms. The molecule has 1 aromatic heterocycles. The molecule has 0 saturated carbocycles. The third kappa shape index (κ3) is 2.65. The summed E-state index contributed by atoms with van der Waals surface area (Å²) in [6.45, 7) is 0. The van der Waals surface area contributed by atoms with Crippen molar-refractivity contribution in [1.82, 2.24) is 9.78 Å². The molecule has 0 amide bonds. The average molecular weight is 289 g/mol. The predicted molar refractivity (Wildman–Crippen MR) is 75.0 cm³/mol. The molecule has 0 radical (unpaired) electrons. The van der Waals surface area contributed by atoms with Gasteiger partial charge in [0.05, 0.1) is 18.1 Å². The molecule has 0 aliphatic carbocycles. The lowest BCUT2D eigenvalue weighted by molar-refractivity contribution is 0.442. The molecule has 0 spiro atoms. The SMILES string of the molecule is Fc1ccccc1Oc1cnn(-c2cccc(Cl)c2)c1. The fourth-order valence-corrected chi connectivity index (χ4v) is 1.96. The highest BCUT2D eigenvalue weighted by atomic mass is 35.5. The summed E-state index contributed by atoms with van der Waals surface area (Å²) < 4.78 is 20.6. The number of nitrogens with zero attached hydrogens (tertiary/aromatic N) is 2. The van der Waals surface area contributed by atoms with Crippen LogP contribution >= 0.6 is 11.6 Å². The molecule has 0 saturated heterocycles. The Morgan fingerprint density at radius 3 is 2.75 bits per heavy atom. The van der Waals surface area contributed by atoms with E-state index in [1.807, 2.05) is 12.1 Å². The minimum atomic E-state index is -0.414. The maximum Gasteiger partial charge on any atom is 0.165 e. The Morgan fingerprint density at radius 2 is 1.95 bits per heavy atom. The Balaban J connectivity index is 1.86. The van der Waals surface area contributed by atoms with Gasteiger partial charge in [-0.05, 0) is 30.3 Å². The highest BCUT2D eigenvalue weighted by molar-refractivity contribution is 6.30. The molecule has 0 atom stereocenters. The van der Waals surface area contributed by atoms with Crippen molar-refractivity contribution in [1.29, 1.82) is 0 Å². The normalized spacial score (nSPS) is 10.5. The highest BCUT2D eigenvalue weighted by Crippen LogP contribution is 2.24. The van der Waals surface area contributed by atoms with Crippen LogP contribution in [0.4, 0.5) is 4.39 Å². The maximum atomic E-state index is 13.5. The van der Waals surface area contributed by atoms with E-state index in [2.05, 4.69) is 5.10 Å². The second-order valence-electron chi connectivity index (χ2n) is 4.13. The summed E-state index contributed by atoms with van der Waals surface area (Å²) in [7, 11) is 0. The number of para-hydroxylation sites is 1. The van der Waals surface area contributed by atoms with Crippen molar-refractivity contribution < 1.29 is 9.13 Å². The Kier molecular flexibility index (Phi) is 3.39. The first kappa shape index (κ1) is 12.7. The van der Waals surface area contributed by atoms with Crippen LogP contribution in [0, 0.1) is 5.82 Å². The van der Waals surface area contributed by atoms with Gasteiger partial charge in [-0.1, -0.05) is 29.8 Å². The van der Waals surface area contributed by atoms with E-state index in [1.54, 1.807) is 41.2 Å². The van der Waals surface area contributed by atoms with Crippen molar-refractivity contribution in [2.75, 3.05) is 0 Å². The largest absolute Gasteiger partial charge is 0.451 e. The van der Waals surface area contributed by atoms with E-state index in [4.69, 9.17) is 16.3 Å². The van der Waals surface area contributed by atoms with E-state index in [9.17, 15) is 4.39 Å². The van der Waals surface area contributed by atoms with Gasteiger partial charge < -0.3 is 4.74 Å². The van der Waals surface area contributed by atoms with Crippen molar-refractivity contribution in [2.24, 2.45) is 0 Å². The Bertz CT molecular complexity index is 742. The van der Waals surface area contributed by atoms with Gasteiger partial charge in [-0.2, -0.15) is 5.10 Å². The van der Waals surface area contributed by atoms with Crippen LogP contribution in [0.5, 0.6) is 11.5 Å². The van der Waals surface area contributed by atoms with Crippen LogP contribution in [-0.2, 0) is 0 Å². The zero-order chi connectivity index (χ0) is 13.9. The van der Waals surface area contributed by atoms with E-state index >= 15 is 0 Å². The van der Waals surface area contributed by atoms with Crippen molar-refractivity contribution in [2.45, 2.75) is 0 Å². The quantitative estimate of drug-likeness (QED) is 0.711. The maximum absolute atomic E-state index is 13.5. The molecule has 2 aromatic carbocycles. The van der Waals surface area contributed by atoms with Gasteiger partial charge in [0, 0.05) is 5.02 Å². The van der Waals surface area contributed by atoms with Gasteiger partial charge in [0.25, 0.3) is 0 Å². The summed E-state index contributed by atoms with van der Waals surface area (Å²) in [5.74, 6) is 0.205. The van der Waals surface area contributed by atoms with Crippen molar-refractivity contribution in [3.63, 3.8) is 0 Å². The van der Waals surface area contributed by atoms with Crippen LogP contribution in [0.2, 0.25) is 5.02 Å². The molecule has 20 heavy (non-hydrogen) atoms. The molecule has 3 nitrogen and oxygen atoms in total. The smallest absolute Gasteiger partial charge is 0.165 e. The van der Waals surface area contributed by atoms with E-state index in [1.165, 1.54) is 12.3 Å². The van der Waals surface area contributed by atoms with Gasteiger partial charge in [0.2, 0.25) is 0 Å². The first-order valence-corrected chi connectivity index (χ1v) is 6.33. The molecule has 1 heterocycles. The third-order valence-electron chi connectivity index (χ3n) is 2.70. The summed E-state index contributed by atoms with van der Waals surface area (Å²) in [5.41, 5.74) is 0.806. The molecule has 5 heteroatoms. The van der Waals surface area contributed by atoms with Crippen molar-refractivity contribution in [3.8, 4) is 17.2 Å². The predicted octanol–water partition coefficient (Wildman–Crippen LogP) is 4.46. The number of hydrogen-bond acceptors (Lipinski definition) is 2. The molecule has 0 fully saturated rings. The second-order valence-corrected chi connectivity index (χ2v) is 4.57. The molecule has 0 N–H and O–H groups in total. The topological polar surface area (TPSA) is 27.1 Å². The molecular formula is C15H10ClFN2O. The Hall–Kier alpha value is -2.33. The lowest BCUT2D eigenvalue weighted by atomic mass is 10.3. The molecule has 0 aliphatic rings. The number of ether oxygens (including phenoxy) is 1. The van der Waals surface area contributed by atoms with Gasteiger partial charge in [0.15, 0.2) is 17.3 Å². The van der Waals surface area contributed by atoms with E-state index in [0.29, 0.717) is 10.8 Å². The minimum absolute atomic E-state index is 0.165. The Morgan fingerprint density at radius 1 is 1.10 bits per heavy atom. The van der Waals surface area contributed by atoms with E-state index in [-0.39, 0.29) is 5.75 Å². The van der Waals surface area contributed by atoms with Gasteiger partial charge >= 0.3 is 0 Å².